The highest BCUT2D eigenvalue weighted by Gasteiger charge is 2.25. The lowest BCUT2D eigenvalue weighted by molar-refractivity contribution is 0.102. The third-order valence-electron chi connectivity index (χ3n) is 3.60. The Bertz CT molecular complexity index is 856. The summed E-state index contributed by atoms with van der Waals surface area (Å²) in [4.78, 5) is 13.1. The predicted octanol–water partition coefficient (Wildman–Crippen LogP) is 4.07. The monoisotopic (exact) mass is 345 g/mol. The molecule has 0 bridgehead atoms. The van der Waals surface area contributed by atoms with Gasteiger partial charge in [-0.2, -0.15) is 16.9 Å². The number of benzene rings is 1. The molecule has 1 aliphatic rings. The van der Waals surface area contributed by atoms with Gasteiger partial charge >= 0.3 is 0 Å². The lowest BCUT2D eigenvalue weighted by atomic mass is 10.2. The van der Waals surface area contributed by atoms with Gasteiger partial charge in [-0.1, -0.05) is 6.07 Å². The molecule has 1 aliphatic heterocycles. The van der Waals surface area contributed by atoms with Crippen molar-refractivity contribution in [2.45, 2.75) is 11.5 Å². The van der Waals surface area contributed by atoms with Crippen molar-refractivity contribution in [1.82, 2.24) is 9.78 Å². The quantitative estimate of drug-likeness (QED) is 0.778. The molecule has 0 radical (unpaired) electrons. The topological polar surface area (TPSA) is 46.9 Å². The Morgan fingerprint density at radius 2 is 2.04 bits per heavy atom. The molecule has 116 valence electrons. The second kappa shape index (κ2) is 5.82. The zero-order valence-corrected chi connectivity index (χ0v) is 13.6. The van der Waals surface area contributed by atoms with Crippen LogP contribution in [-0.4, -0.2) is 15.7 Å². The molecule has 0 atom stereocenters. The van der Waals surface area contributed by atoms with E-state index in [0.717, 1.165) is 28.5 Å². The molecule has 1 amide bonds. The smallest absolute Gasteiger partial charge is 0.266 e. The van der Waals surface area contributed by atoms with Crippen molar-refractivity contribution >= 4 is 34.8 Å². The van der Waals surface area contributed by atoms with Crippen molar-refractivity contribution in [2.75, 3.05) is 5.32 Å². The van der Waals surface area contributed by atoms with Crippen LogP contribution in [0.5, 0.6) is 0 Å². The third kappa shape index (κ3) is 2.66. The van der Waals surface area contributed by atoms with Crippen molar-refractivity contribution in [3.8, 4) is 5.69 Å². The van der Waals surface area contributed by atoms with Crippen LogP contribution in [0.25, 0.3) is 5.69 Å². The molecule has 0 aliphatic carbocycles. The first-order valence-corrected chi connectivity index (χ1v) is 9.05. The maximum atomic E-state index is 13.2. The first kappa shape index (κ1) is 14.5. The Hall–Kier alpha value is -2.12. The highest BCUT2D eigenvalue weighted by Crippen LogP contribution is 2.36. The standard InChI is InChI=1S/C16H12FN3OS2/c17-10-3-5-11(6-4-10)20-15(12-8-22-9-13(12)19-20)18-16(21)14-2-1-7-23-14/h1-7H,8-9H2,(H,18,21). The molecule has 3 heterocycles. The largest absolute Gasteiger partial charge is 0.305 e. The van der Waals surface area contributed by atoms with Gasteiger partial charge in [-0.15, -0.1) is 11.3 Å². The Balaban J connectivity index is 1.75. The Morgan fingerprint density at radius 1 is 1.22 bits per heavy atom. The van der Waals surface area contributed by atoms with Gasteiger partial charge in [0.25, 0.3) is 5.91 Å². The van der Waals surface area contributed by atoms with Gasteiger partial charge in [0.2, 0.25) is 0 Å². The molecule has 1 aromatic carbocycles. The molecule has 1 N–H and O–H groups in total. The number of aromatic nitrogens is 2. The van der Waals surface area contributed by atoms with Crippen molar-refractivity contribution in [3.63, 3.8) is 0 Å². The Kier molecular flexibility index (Phi) is 3.66. The number of thioether (sulfide) groups is 1. The highest BCUT2D eigenvalue weighted by atomic mass is 32.2. The van der Waals surface area contributed by atoms with Crippen molar-refractivity contribution in [3.05, 3.63) is 63.7 Å². The summed E-state index contributed by atoms with van der Waals surface area (Å²) in [5.74, 6) is 1.87. The Morgan fingerprint density at radius 3 is 2.78 bits per heavy atom. The van der Waals surface area contributed by atoms with Gasteiger partial charge in [-0.25, -0.2) is 9.07 Å². The number of rotatable bonds is 3. The molecule has 0 saturated heterocycles. The number of nitrogens with one attached hydrogen (secondary N) is 1. The predicted molar refractivity (Wildman–Crippen MR) is 90.8 cm³/mol. The molecule has 0 spiro atoms. The number of nitrogens with zero attached hydrogens (tertiary/aromatic N) is 2. The van der Waals surface area contributed by atoms with E-state index >= 15 is 0 Å². The van der Waals surface area contributed by atoms with Gasteiger partial charge < -0.3 is 5.32 Å². The first-order valence-electron chi connectivity index (χ1n) is 7.01. The van der Waals surface area contributed by atoms with Gasteiger partial charge in [0.05, 0.1) is 16.3 Å². The molecular weight excluding hydrogens is 333 g/mol. The fourth-order valence-corrected chi connectivity index (χ4v) is 4.14. The molecule has 2 aromatic heterocycles. The second-order valence-electron chi connectivity index (χ2n) is 5.09. The average molecular weight is 345 g/mol. The molecule has 23 heavy (non-hydrogen) atoms. The third-order valence-corrected chi connectivity index (χ3v) is 5.44. The van der Waals surface area contributed by atoms with Crippen molar-refractivity contribution in [2.24, 2.45) is 0 Å². The summed E-state index contributed by atoms with van der Waals surface area (Å²) in [5.41, 5.74) is 2.75. The summed E-state index contributed by atoms with van der Waals surface area (Å²) in [6.45, 7) is 0. The summed E-state index contributed by atoms with van der Waals surface area (Å²) in [7, 11) is 0. The average Bonchev–Trinajstić information content (AvgIpc) is 3.26. The van der Waals surface area contributed by atoms with Gasteiger partial charge in [0.15, 0.2) is 0 Å². The van der Waals surface area contributed by atoms with E-state index in [2.05, 4.69) is 10.4 Å². The lowest BCUT2D eigenvalue weighted by Gasteiger charge is -2.10. The molecule has 7 heteroatoms. The zero-order chi connectivity index (χ0) is 15.8. The fourth-order valence-electron chi connectivity index (χ4n) is 2.49. The summed E-state index contributed by atoms with van der Waals surface area (Å²) in [5, 5.41) is 9.43. The van der Waals surface area contributed by atoms with Crippen LogP contribution in [0.4, 0.5) is 10.2 Å². The van der Waals surface area contributed by atoms with Gasteiger partial charge in [-0.3, -0.25) is 4.79 Å². The first-order chi connectivity index (χ1) is 11.2. The zero-order valence-electron chi connectivity index (χ0n) is 12.0. The number of halogens is 1. The summed E-state index contributed by atoms with van der Waals surface area (Å²) in [6.07, 6.45) is 0. The molecule has 0 unspecified atom stereocenters. The number of hydrogen-bond donors (Lipinski definition) is 1. The van der Waals surface area contributed by atoms with E-state index in [1.54, 1.807) is 34.6 Å². The van der Waals surface area contributed by atoms with E-state index in [9.17, 15) is 9.18 Å². The minimum atomic E-state index is -0.298. The number of amides is 1. The van der Waals surface area contributed by atoms with E-state index in [0.29, 0.717) is 10.7 Å². The SMILES string of the molecule is O=C(Nc1c2c(nn1-c1ccc(F)cc1)CSC2)c1cccs1. The minimum absolute atomic E-state index is 0.150. The van der Waals surface area contributed by atoms with E-state index in [1.165, 1.54) is 23.5 Å². The van der Waals surface area contributed by atoms with E-state index in [-0.39, 0.29) is 11.7 Å². The number of anilines is 1. The number of carbonyl (C=O) groups is 1. The molecule has 0 saturated carbocycles. The number of thiophene rings is 1. The summed E-state index contributed by atoms with van der Waals surface area (Å²) < 4.78 is 14.8. The molecule has 4 rings (SSSR count). The van der Waals surface area contributed by atoms with Crippen LogP contribution >= 0.6 is 23.1 Å². The summed E-state index contributed by atoms with van der Waals surface area (Å²) >= 11 is 3.16. The maximum Gasteiger partial charge on any atom is 0.266 e. The van der Waals surface area contributed by atoms with Crippen molar-refractivity contribution in [1.29, 1.82) is 0 Å². The van der Waals surface area contributed by atoms with E-state index < -0.39 is 0 Å². The molecule has 4 nitrogen and oxygen atoms in total. The van der Waals surface area contributed by atoms with Crippen LogP contribution in [0.15, 0.2) is 41.8 Å². The molecular formula is C16H12FN3OS2. The normalized spacial score (nSPS) is 13.1. The number of carbonyl (C=O) groups excluding carboxylic acids is 1. The minimum Gasteiger partial charge on any atom is -0.305 e. The molecule has 0 fully saturated rings. The van der Waals surface area contributed by atoms with Gasteiger partial charge in [0.1, 0.15) is 11.6 Å². The second-order valence-corrected chi connectivity index (χ2v) is 7.02. The maximum absolute atomic E-state index is 13.2. The van der Waals surface area contributed by atoms with Crippen LogP contribution < -0.4 is 5.32 Å². The van der Waals surface area contributed by atoms with Crippen molar-refractivity contribution < 1.29 is 9.18 Å². The fraction of sp³-hybridized carbons (Fsp3) is 0.125. The highest BCUT2D eigenvalue weighted by molar-refractivity contribution is 7.98. The van der Waals surface area contributed by atoms with Crippen LogP contribution in [-0.2, 0) is 11.5 Å². The van der Waals surface area contributed by atoms with Gasteiger partial charge in [0, 0.05) is 17.1 Å². The van der Waals surface area contributed by atoms with Crippen LogP contribution in [0.2, 0.25) is 0 Å². The molecule has 3 aromatic rings. The summed E-state index contributed by atoms with van der Waals surface area (Å²) in [6, 6.07) is 9.73. The van der Waals surface area contributed by atoms with Gasteiger partial charge in [-0.05, 0) is 35.7 Å². The lowest BCUT2D eigenvalue weighted by Crippen LogP contribution is -2.15. The van der Waals surface area contributed by atoms with E-state index in [4.69, 9.17) is 0 Å². The Labute approximate surface area is 140 Å². The van der Waals surface area contributed by atoms with Crippen LogP contribution in [0.3, 0.4) is 0 Å². The number of fused-ring (bicyclic) bond motifs is 1. The van der Waals surface area contributed by atoms with Crippen LogP contribution in [0.1, 0.15) is 20.9 Å². The van der Waals surface area contributed by atoms with Crippen LogP contribution in [0, 0.1) is 5.82 Å². The van der Waals surface area contributed by atoms with E-state index in [1.807, 2.05) is 11.4 Å². The number of hydrogen-bond acceptors (Lipinski definition) is 4.